The van der Waals surface area contributed by atoms with Crippen molar-refractivity contribution in [3.63, 3.8) is 0 Å². The molecule has 0 bridgehead atoms. The summed E-state index contributed by atoms with van der Waals surface area (Å²) < 4.78 is 1.47. The van der Waals surface area contributed by atoms with Crippen LogP contribution in [-0.2, 0) is 16.1 Å². The first-order valence-electron chi connectivity index (χ1n) is 8.48. The third kappa shape index (κ3) is 4.22. The van der Waals surface area contributed by atoms with Crippen LogP contribution < -0.4 is 16.2 Å². The molecule has 2 aromatic heterocycles. The Bertz CT molecular complexity index is 1070. The maximum atomic E-state index is 12.6. The minimum atomic E-state index is -0.201. The Labute approximate surface area is 160 Å². The largest absolute Gasteiger partial charge is 0.326 e. The second-order valence-corrected chi connectivity index (χ2v) is 7.47. The number of nitrogens with one attached hydrogen (secondary N) is 2. The molecule has 27 heavy (non-hydrogen) atoms. The molecule has 0 aliphatic carbocycles. The maximum absolute atomic E-state index is 12.6. The monoisotopic (exact) mass is 384 g/mol. The van der Waals surface area contributed by atoms with Gasteiger partial charge in [0.15, 0.2) is 0 Å². The second-order valence-electron chi connectivity index (χ2n) is 6.26. The van der Waals surface area contributed by atoms with Crippen molar-refractivity contribution in [1.29, 1.82) is 0 Å². The van der Waals surface area contributed by atoms with Crippen LogP contribution in [-0.4, -0.2) is 21.4 Å². The van der Waals surface area contributed by atoms with Crippen molar-refractivity contribution in [2.45, 2.75) is 33.7 Å². The number of rotatable bonds is 5. The van der Waals surface area contributed by atoms with E-state index in [0.717, 1.165) is 15.3 Å². The van der Waals surface area contributed by atoms with Crippen LogP contribution in [0.4, 0.5) is 11.4 Å². The van der Waals surface area contributed by atoms with Gasteiger partial charge in [0.1, 0.15) is 4.83 Å². The number of nitrogens with zero attached hydrogens (tertiary/aromatic N) is 2. The quantitative estimate of drug-likeness (QED) is 0.707. The molecule has 0 unspecified atom stereocenters. The van der Waals surface area contributed by atoms with Crippen molar-refractivity contribution >= 4 is 44.7 Å². The molecule has 0 radical (unpaired) electrons. The zero-order valence-corrected chi connectivity index (χ0v) is 16.1. The summed E-state index contributed by atoms with van der Waals surface area (Å²) >= 11 is 1.50. The van der Waals surface area contributed by atoms with Crippen LogP contribution in [0.25, 0.3) is 10.2 Å². The molecule has 0 saturated heterocycles. The molecule has 0 saturated carbocycles. The van der Waals surface area contributed by atoms with E-state index in [-0.39, 0.29) is 30.3 Å². The van der Waals surface area contributed by atoms with Gasteiger partial charge in [0.2, 0.25) is 11.8 Å². The Morgan fingerprint density at radius 3 is 2.37 bits per heavy atom. The van der Waals surface area contributed by atoms with Gasteiger partial charge in [-0.2, -0.15) is 0 Å². The molecular formula is C19H20N4O3S. The Balaban J connectivity index is 1.65. The van der Waals surface area contributed by atoms with E-state index in [4.69, 9.17) is 0 Å². The molecule has 0 atom stereocenters. The van der Waals surface area contributed by atoms with Crippen molar-refractivity contribution in [1.82, 2.24) is 9.55 Å². The molecular weight excluding hydrogens is 364 g/mol. The van der Waals surface area contributed by atoms with Crippen molar-refractivity contribution in [3.8, 4) is 0 Å². The summed E-state index contributed by atoms with van der Waals surface area (Å²) in [5, 5.41) is 6.08. The van der Waals surface area contributed by atoms with Gasteiger partial charge in [-0.05, 0) is 43.7 Å². The highest BCUT2D eigenvalue weighted by molar-refractivity contribution is 7.18. The lowest BCUT2D eigenvalue weighted by Crippen LogP contribution is -2.23. The van der Waals surface area contributed by atoms with Gasteiger partial charge < -0.3 is 10.6 Å². The topological polar surface area (TPSA) is 93.1 Å². The Hall–Kier alpha value is -3.00. The summed E-state index contributed by atoms with van der Waals surface area (Å²) in [6.07, 6.45) is 1.65. The lowest BCUT2D eigenvalue weighted by atomic mass is 10.2. The summed E-state index contributed by atoms with van der Waals surface area (Å²) in [6, 6.07) is 6.84. The van der Waals surface area contributed by atoms with Gasteiger partial charge >= 0.3 is 0 Å². The first-order chi connectivity index (χ1) is 12.8. The Morgan fingerprint density at radius 1 is 1.11 bits per heavy atom. The first-order valence-corrected chi connectivity index (χ1v) is 9.29. The van der Waals surface area contributed by atoms with Gasteiger partial charge in [0.25, 0.3) is 5.56 Å². The summed E-state index contributed by atoms with van der Waals surface area (Å²) in [5.41, 5.74) is 2.12. The van der Waals surface area contributed by atoms with Crippen LogP contribution in [0.1, 0.15) is 23.8 Å². The number of benzene rings is 1. The molecule has 8 heteroatoms. The van der Waals surface area contributed by atoms with Crippen molar-refractivity contribution < 1.29 is 9.59 Å². The number of carbonyl (C=O) groups is 2. The predicted molar refractivity (Wildman–Crippen MR) is 107 cm³/mol. The van der Waals surface area contributed by atoms with Crippen LogP contribution >= 0.6 is 11.3 Å². The first kappa shape index (κ1) is 18.8. The van der Waals surface area contributed by atoms with Gasteiger partial charge in [-0.25, -0.2) is 4.98 Å². The number of fused-ring (bicyclic) bond motifs is 1. The lowest BCUT2D eigenvalue weighted by molar-refractivity contribution is -0.116. The minimum Gasteiger partial charge on any atom is -0.326 e. The SMILES string of the molecule is CC(=O)Nc1ccc(NC(=O)CCn2cnc3sc(C)c(C)c3c2=O)cc1. The average Bonchev–Trinajstić information content (AvgIpc) is 2.90. The number of anilines is 2. The molecule has 3 aromatic rings. The number of thiophene rings is 1. The Kier molecular flexibility index (Phi) is 5.36. The number of amides is 2. The number of carbonyl (C=O) groups excluding carboxylic acids is 2. The van der Waals surface area contributed by atoms with Gasteiger partial charge in [-0.1, -0.05) is 0 Å². The fourth-order valence-corrected chi connectivity index (χ4v) is 3.70. The smallest absolute Gasteiger partial charge is 0.262 e. The number of hydrogen-bond acceptors (Lipinski definition) is 5. The standard InChI is InChI=1S/C19H20N4O3S/c1-11-12(2)27-18-17(11)19(26)23(10-20-18)9-8-16(25)22-15-6-4-14(5-7-15)21-13(3)24/h4-7,10H,8-9H2,1-3H3,(H,21,24)(H,22,25). The minimum absolute atomic E-state index is 0.116. The third-order valence-electron chi connectivity index (χ3n) is 4.22. The zero-order chi connectivity index (χ0) is 19.6. The summed E-state index contributed by atoms with van der Waals surface area (Å²) in [7, 11) is 0. The van der Waals surface area contributed by atoms with E-state index in [1.807, 2.05) is 13.8 Å². The third-order valence-corrected chi connectivity index (χ3v) is 5.34. The zero-order valence-electron chi connectivity index (χ0n) is 15.3. The van der Waals surface area contributed by atoms with Gasteiger partial charge in [0, 0.05) is 36.1 Å². The van der Waals surface area contributed by atoms with E-state index in [0.29, 0.717) is 16.8 Å². The molecule has 2 N–H and O–H groups in total. The van der Waals surface area contributed by atoms with Crippen molar-refractivity contribution in [2.24, 2.45) is 0 Å². The molecule has 1 aromatic carbocycles. The summed E-state index contributed by atoms with van der Waals surface area (Å²) in [6.45, 7) is 5.57. The molecule has 0 fully saturated rings. The van der Waals surface area contributed by atoms with E-state index >= 15 is 0 Å². The fourth-order valence-electron chi connectivity index (χ4n) is 2.71. The number of aryl methyl sites for hydroxylation is 3. The highest BCUT2D eigenvalue weighted by atomic mass is 32.1. The second kappa shape index (κ2) is 7.71. The van der Waals surface area contributed by atoms with Gasteiger partial charge in [-0.15, -0.1) is 11.3 Å². The molecule has 2 amide bonds. The van der Waals surface area contributed by atoms with E-state index < -0.39 is 0 Å². The molecule has 0 spiro atoms. The van der Waals surface area contributed by atoms with E-state index in [1.165, 1.54) is 29.2 Å². The summed E-state index contributed by atoms with van der Waals surface area (Å²) in [5.74, 6) is -0.355. The number of aromatic nitrogens is 2. The van der Waals surface area contributed by atoms with Crippen LogP contribution in [0.5, 0.6) is 0 Å². The molecule has 3 rings (SSSR count). The van der Waals surface area contributed by atoms with E-state index in [9.17, 15) is 14.4 Å². The van der Waals surface area contributed by atoms with E-state index in [1.54, 1.807) is 24.3 Å². The lowest BCUT2D eigenvalue weighted by Gasteiger charge is -2.08. The maximum Gasteiger partial charge on any atom is 0.262 e. The normalized spacial score (nSPS) is 10.8. The summed E-state index contributed by atoms with van der Waals surface area (Å²) in [4.78, 5) is 42.0. The van der Waals surface area contributed by atoms with Crippen molar-refractivity contribution in [2.75, 3.05) is 10.6 Å². The molecule has 7 nitrogen and oxygen atoms in total. The average molecular weight is 384 g/mol. The molecule has 2 heterocycles. The van der Waals surface area contributed by atoms with Crippen LogP contribution in [0.2, 0.25) is 0 Å². The van der Waals surface area contributed by atoms with Crippen LogP contribution in [0, 0.1) is 13.8 Å². The van der Waals surface area contributed by atoms with E-state index in [2.05, 4.69) is 15.6 Å². The molecule has 140 valence electrons. The van der Waals surface area contributed by atoms with Gasteiger partial charge in [-0.3, -0.25) is 19.0 Å². The van der Waals surface area contributed by atoms with Crippen molar-refractivity contribution in [3.05, 3.63) is 51.4 Å². The predicted octanol–water partition coefficient (Wildman–Crippen LogP) is 3.06. The number of hydrogen-bond donors (Lipinski definition) is 2. The molecule has 0 aliphatic rings. The highest BCUT2D eigenvalue weighted by Gasteiger charge is 2.12. The van der Waals surface area contributed by atoms with Gasteiger partial charge in [0.05, 0.1) is 11.7 Å². The molecule has 0 aliphatic heterocycles. The van der Waals surface area contributed by atoms with Crippen LogP contribution in [0.15, 0.2) is 35.4 Å². The van der Waals surface area contributed by atoms with Crippen LogP contribution in [0.3, 0.4) is 0 Å². The Morgan fingerprint density at radius 2 is 1.74 bits per heavy atom. The highest BCUT2D eigenvalue weighted by Crippen LogP contribution is 2.25. The fraction of sp³-hybridized carbons (Fsp3) is 0.263.